The predicted molar refractivity (Wildman–Crippen MR) is 93.4 cm³/mol. The third kappa shape index (κ3) is 3.53. The summed E-state index contributed by atoms with van der Waals surface area (Å²) in [5.41, 5.74) is 0.345. The average molecular weight is 387 g/mol. The van der Waals surface area contributed by atoms with Crippen molar-refractivity contribution in [3.8, 4) is 5.75 Å². The van der Waals surface area contributed by atoms with Gasteiger partial charge in [-0.25, -0.2) is 4.98 Å². The van der Waals surface area contributed by atoms with Gasteiger partial charge in [-0.05, 0) is 18.2 Å². The fourth-order valence-corrected chi connectivity index (χ4v) is 4.05. The zero-order chi connectivity index (χ0) is 16.6. The quantitative estimate of drug-likeness (QED) is 0.523. The van der Waals surface area contributed by atoms with Crippen molar-refractivity contribution in [3.63, 3.8) is 0 Å². The van der Waals surface area contributed by atoms with Gasteiger partial charge in [0, 0.05) is 11.6 Å². The van der Waals surface area contributed by atoms with E-state index in [1.807, 2.05) is 0 Å². The molecule has 0 bridgehead atoms. The van der Waals surface area contributed by atoms with Crippen molar-refractivity contribution in [2.24, 2.45) is 0 Å². The molecule has 9 heteroatoms. The minimum atomic E-state index is -0.427. The summed E-state index contributed by atoms with van der Waals surface area (Å²) in [5.74, 6) is -0.0857. The van der Waals surface area contributed by atoms with Crippen molar-refractivity contribution in [2.45, 2.75) is 4.34 Å². The number of aromatic hydroxyl groups is 1. The van der Waals surface area contributed by atoms with E-state index in [1.54, 1.807) is 12.1 Å². The number of Topliss-reactive ketones (excluding diaryl/α,β-unsaturated/α-hetero) is 1. The number of hydrogen-bond acceptors (Lipinski definition) is 6. The zero-order valence-electron chi connectivity index (χ0n) is 11.3. The fraction of sp³-hybridized carbons (Fsp3) is 0.0714. The molecule has 2 N–H and O–H groups in total. The molecule has 5 nitrogen and oxygen atoms in total. The summed E-state index contributed by atoms with van der Waals surface area (Å²) >= 11 is 14.1. The van der Waals surface area contributed by atoms with E-state index in [4.69, 9.17) is 23.2 Å². The Labute approximate surface area is 148 Å². The number of nitrogens with one attached hydrogen (secondary N) is 1. The molecule has 2 aromatic heterocycles. The second-order valence-electron chi connectivity index (χ2n) is 4.52. The van der Waals surface area contributed by atoms with Crippen LogP contribution in [0.4, 0.5) is 0 Å². The van der Waals surface area contributed by atoms with Crippen LogP contribution in [-0.2, 0) is 0 Å². The van der Waals surface area contributed by atoms with Gasteiger partial charge in [-0.2, -0.15) is 0 Å². The first kappa shape index (κ1) is 16.3. The Morgan fingerprint density at radius 2 is 2.09 bits per heavy atom. The largest absolute Gasteiger partial charge is 0.506 e. The third-order valence-corrected chi connectivity index (χ3v) is 5.88. The Kier molecular flexibility index (Phi) is 4.63. The molecule has 3 aromatic rings. The number of thiazole rings is 1. The lowest BCUT2D eigenvalue weighted by molar-refractivity contribution is 0.102. The lowest BCUT2D eigenvalue weighted by Crippen LogP contribution is -2.02. The normalized spacial score (nSPS) is 11.0. The number of thioether (sulfide) groups is 1. The van der Waals surface area contributed by atoms with Crippen molar-refractivity contribution in [2.75, 3.05) is 5.75 Å². The molecule has 0 amide bonds. The predicted octanol–water partition coefficient (Wildman–Crippen LogP) is 3.97. The number of halogens is 2. The number of fused-ring (bicyclic) bond motifs is 1. The number of pyridine rings is 1. The summed E-state index contributed by atoms with van der Waals surface area (Å²) in [5, 5.41) is 10.4. The molecule has 23 heavy (non-hydrogen) atoms. The van der Waals surface area contributed by atoms with E-state index in [1.165, 1.54) is 29.2 Å². The van der Waals surface area contributed by atoms with Crippen LogP contribution in [0, 0.1) is 0 Å². The summed E-state index contributed by atoms with van der Waals surface area (Å²) in [6.45, 7) is 0. The number of nitrogens with zero attached hydrogens (tertiary/aromatic N) is 1. The van der Waals surface area contributed by atoms with Gasteiger partial charge in [-0.1, -0.05) is 35.0 Å². The Morgan fingerprint density at radius 1 is 1.30 bits per heavy atom. The fourth-order valence-electron chi connectivity index (χ4n) is 1.84. The lowest BCUT2D eigenvalue weighted by atomic mass is 10.1. The Balaban J connectivity index is 1.77. The molecule has 118 valence electrons. The first-order valence-corrected chi connectivity index (χ1v) is 8.84. The summed E-state index contributed by atoms with van der Waals surface area (Å²) < 4.78 is 1.06. The molecule has 0 fully saturated rings. The van der Waals surface area contributed by atoms with E-state index in [2.05, 4.69) is 9.97 Å². The van der Waals surface area contributed by atoms with Gasteiger partial charge in [0.05, 0.1) is 15.8 Å². The average Bonchev–Trinajstić information content (AvgIpc) is 2.91. The van der Waals surface area contributed by atoms with Crippen LogP contribution in [0.15, 0.2) is 33.4 Å². The Bertz CT molecular complexity index is 968. The minimum Gasteiger partial charge on any atom is -0.506 e. The molecule has 0 radical (unpaired) electrons. The molecule has 1 aromatic carbocycles. The molecule has 0 aliphatic heterocycles. The van der Waals surface area contributed by atoms with Crippen LogP contribution in [0.25, 0.3) is 10.3 Å². The summed E-state index contributed by atoms with van der Waals surface area (Å²) in [6.07, 6.45) is 0. The maximum Gasteiger partial charge on any atom is 0.253 e. The van der Waals surface area contributed by atoms with Gasteiger partial charge >= 0.3 is 0 Å². The Morgan fingerprint density at radius 3 is 2.83 bits per heavy atom. The zero-order valence-corrected chi connectivity index (χ0v) is 14.4. The lowest BCUT2D eigenvalue weighted by Gasteiger charge is -2.01. The smallest absolute Gasteiger partial charge is 0.253 e. The van der Waals surface area contributed by atoms with E-state index >= 15 is 0 Å². The maximum atomic E-state index is 12.2. The number of aromatic nitrogens is 2. The molecule has 0 spiro atoms. The first-order valence-electron chi connectivity index (χ1n) is 6.28. The van der Waals surface area contributed by atoms with Gasteiger partial charge < -0.3 is 10.1 Å². The van der Waals surface area contributed by atoms with Gasteiger partial charge in [0.25, 0.3) is 5.56 Å². The highest BCUT2D eigenvalue weighted by atomic mass is 35.5. The van der Waals surface area contributed by atoms with E-state index in [0.717, 1.165) is 6.07 Å². The summed E-state index contributed by atoms with van der Waals surface area (Å²) in [4.78, 5) is 30.2. The molecule has 2 heterocycles. The van der Waals surface area contributed by atoms with Crippen molar-refractivity contribution in [1.82, 2.24) is 9.97 Å². The third-order valence-electron chi connectivity index (χ3n) is 2.92. The highest BCUT2D eigenvalue weighted by molar-refractivity contribution is 8.01. The summed E-state index contributed by atoms with van der Waals surface area (Å²) in [7, 11) is 0. The van der Waals surface area contributed by atoms with E-state index in [9.17, 15) is 14.7 Å². The second-order valence-corrected chi connectivity index (χ2v) is 7.55. The number of benzene rings is 1. The second kappa shape index (κ2) is 6.52. The number of aromatic amines is 1. The number of H-pyrrole nitrogens is 1. The molecule has 0 aliphatic rings. The molecule has 0 unspecified atom stereocenters. The van der Waals surface area contributed by atoms with Crippen molar-refractivity contribution in [3.05, 3.63) is 50.2 Å². The van der Waals surface area contributed by atoms with Gasteiger partial charge in [0.1, 0.15) is 10.4 Å². The number of carbonyl (C=O) groups excluding carboxylic acids is 1. The standard InChI is InChI=1S/C14H8Cl2N2O3S2/c15-7-2-1-6(3-8(7)16)10(20)5-22-14-18-13-12(23-14)9(19)4-11(21)17-13/h1-4H,5H2,(H2,17,19,21). The summed E-state index contributed by atoms with van der Waals surface area (Å²) in [6, 6.07) is 5.80. The molecule has 0 saturated heterocycles. The van der Waals surface area contributed by atoms with Gasteiger partial charge in [-0.3, -0.25) is 9.59 Å². The molecular weight excluding hydrogens is 379 g/mol. The van der Waals surface area contributed by atoms with Crippen LogP contribution < -0.4 is 5.56 Å². The van der Waals surface area contributed by atoms with Crippen LogP contribution in [0.3, 0.4) is 0 Å². The Hall–Kier alpha value is -1.54. The highest BCUT2D eigenvalue weighted by Crippen LogP contribution is 2.33. The molecule has 0 saturated carbocycles. The van der Waals surface area contributed by atoms with Crippen LogP contribution in [0.2, 0.25) is 10.0 Å². The minimum absolute atomic E-state index is 0.120. The van der Waals surface area contributed by atoms with E-state index in [0.29, 0.717) is 30.3 Å². The monoisotopic (exact) mass is 386 g/mol. The number of hydrogen-bond donors (Lipinski definition) is 2. The topological polar surface area (TPSA) is 83.0 Å². The molecule has 3 rings (SSSR count). The van der Waals surface area contributed by atoms with Crippen LogP contribution in [0.5, 0.6) is 5.75 Å². The van der Waals surface area contributed by atoms with Gasteiger partial charge in [0.2, 0.25) is 0 Å². The highest BCUT2D eigenvalue weighted by Gasteiger charge is 2.13. The van der Waals surface area contributed by atoms with Crippen LogP contribution >= 0.6 is 46.3 Å². The van der Waals surface area contributed by atoms with Crippen molar-refractivity contribution >= 4 is 62.4 Å². The van der Waals surface area contributed by atoms with Crippen molar-refractivity contribution in [1.29, 1.82) is 0 Å². The number of rotatable bonds is 4. The van der Waals surface area contributed by atoms with Gasteiger partial charge in [-0.15, -0.1) is 11.3 Å². The maximum absolute atomic E-state index is 12.2. The van der Waals surface area contributed by atoms with Crippen LogP contribution in [0.1, 0.15) is 10.4 Å². The first-order chi connectivity index (χ1) is 10.9. The number of carbonyl (C=O) groups is 1. The van der Waals surface area contributed by atoms with Gasteiger partial charge in [0.15, 0.2) is 15.8 Å². The molecular formula is C14H8Cl2N2O3S2. The number of ketones is 1. The van der Waals surface area contributed by atoms with Crippen LogP contribution in [-0.4, -0.2) is 26.6 Å². The van der Waals surface area contributed by atoms with E-state index in [-0.39, 0.29) is 17.3 Å². The molecule has 0 aliphatic carbocycles. The van der Waals surface area contributed by atoms with Crippen molar-refractivity contribution < 1.29 is 9.90 Å². The van der Waals surface area contributed by atoms with E-state index < -0.39 is 5.56 Å². The SMILES string of the molecule is O=C(CSc1nc2[nH]c(=O)cc(O)c2s1)c1ccc(Cl)c(Cl)c1. The molecule has 0 atom stereocenters.